The van der Waals surface area contributed by atoms with E-state index in [9.17, 15) is 0 Å². The molecule has 2 N–H and O–H groups in total. The Bertz CT molecular complexity index is 834. The number of nitrogens with one attached hydrogen (secondary N) is 2. The zero-order valence-electron chi connectivity index (χ0n) is 14.7. The summed E-state index contributed by atoms with van der Waals surface area (Å²) in [5.74, 6) is 3.99. The molecule has 2 aromatic carbocycles. The fourth-order valence-electron chi connectivity index (χ4n) is 3.61. The van der Waals surface area contributed by atoms with Gasteiger partial charge in [0.05, 0.1) is 35.6 Å². The van der Waals surface area contributed by atoms with Gasteiger partial charge in [-0.1, -0.05) is 35.9 Å². The van der Waals surface area contributed by atoms with Gasteiger partial charge in [0.1, 0.15) is 11.6 Å². The predicted molar refractivity (Wildman–Crippen MR) is 112 cm³/mol. The molecule has 1 fully saturated rings. The number of hydrogen-bond acceptors (Lipinski definition) is 4. The summed E-state index contributed by atoms with van der Waals surface area (Å²) in [5, 5.41) is 7.98. The summed E-state index contributed by atoms with van der Waals surface area (Å²) in [4.78, 5) is 4.97. The first kappa shape index (κ1) is 17.6. The highest BCUT2D eigenvalue weighted by Crippen LogP contribution is 2.39. The predicted octanol–water partition coefficient (Wildman–Crippen LogP) is 5.05. The summed E-state index contributed by atoms with van der Waals surface area (Å²) in [6.45, 7) is 0.533. The SMILES string of the molecule is COc1c(Cl)cccc1CN=C1Nc2ccccc2NC12CCSCC2. The Labute approximate surface area is 163 Å². The highest BCUT2D eigenvalue weighted by Gasteiger charge is 2.41. The third-order valence-electron chi connectivity index (χ3n) is 5.01. The second-order valence-corrected chi connectivity index (χ2v) is 8.22. The van der Waals surface area contributed by atoms with Crippen LogP contribution in [0.2, 0.25) is 5.02 Å². The maximum Gasteiger partial charge on any atom is 0.142 e. The molecule has 2 aromatic rings. The summed E-state index contributed by atoms with van der Waals surface area (Å²) in [7, 11) is 1.65. The molecule has 2 aliphatic heterocycles. The lowest BCUT2D eigenvalue weighted by atomic mass is 9.87. The average Bonchev–Trinajstić information content (AvgIpc) is 2.67. The van der Waals surface area contributed by atoms with Gasteiger partial charge in [0.15, 0.2) is 0 Å². The number of nitrogens with zero attached hydrogens (tertiary/aromatic N) is 1. The Morgan fingerprint density at radius 3 is 2.65 bits per heavy atom. The summed E-state index contributed by atoms with van der Waals surface area (Å²) in [5.41, 5.74) is 3.10. The lowest BCUT2D eigenvalue weighted by molar-refractivity contribution is 0.410. The topological polar surface area (TPSA) is 45.6 Å². The van der Waals surface area contributed by atoms with E-state index in [4.69, 9.17) is 21.3 Å². The summed E-state index contributed by atoms with van der Waals surface area (Å²) in [6.07, 6.45) is 2.12. The van der Waals surface area contributed by atoms with Gasteiger partial charge >= 0.3 is 0 Å². The van der Waals surface area contributed by atoms with E-state index in [1.54, 1.807) is 7.11 Å². The molecule has 0 radical (unpaired) electrons. The van der Waals surface area contributed by atoms with Gasteiger partial charge in [0.25, 0.3) is 0 Å². The minimum atomic E-state index is -0.120. The van der Waals surface area contributed by atoms with Crippen LogP contribution in [0.5, 0.6) is 5.75 Å². The monoisotopic (exact) mass is 387 g/mol. The number of methoxy groups -OCH3 is 1. The molecular weight excluding hydrogens is 366 g/mol. The number of fused-ring (bicyclic) bond motifs is 1. The highest BCUT2D eigenvalue weighted by atomic mass is 35.5. The van der Waals surface area contributed by atoms with Gasteiger partial charge in [-0.25, -0.2) is 0 Å². The van der Waals surface area contributed by atoms with Crippen molar-refractivity contribution in [1.82, 2.24) is 0 Å². The molecule has 4 nitrogen and oxygen atoms in total. The van der Waals surface area contributed by atoms with Gasteiger partial charge in [-0.3, -0.25) is 4.99 Å². The summed E-state index contributed by atoms with van der Waals surface area (Å²) < 4.78 is 5.47. The van der Waals surface area contributed by atoms with Crippen molar-refractivity contribution in [1.29, 1.82) is 0 Å². The average molecular weight is 388 g/mol. The molecule has 1 spiro atoms. The Morgan fingerprint density at radius 2 is 1.88 bits per heavy atom. The van der Waals surface area contributed by atoms with Gasteiger partial charge in [0, 0.05) is 5.56 Å². The van der Waals surface area contributed by atoms with Crippen LogP contribution < -0.4 is 15.4 Å². The first-order chi connectivity index (χ1) is 12.7. The van der Waals surface area contributed by atoms with Crippen LogP contribution >= 0.6 is 23.4 Å². The highest BCUT2D eigenvalue weighted by molar-refractivity contribution is 7.99. The number of ether oxygens (including phenoxy) is 1. The Kier molecular flexibility index (Phi) is 5.00. The molecule has 136 valence electrons. The molecule has 2 heterocycles. The molecule has 26 heavy (non-hydrogen) atoms. The van der Waals surface area contributed by atoms with Crippen molar-refractivity contribution in [3.63, 3.8) is 0 Å². The van der Waals surface area contributed by atoms with Crippen LogP contribution in [0.1, 0.15) is 18.4 Å². The number of anilines is 2. The Morgan fingerprint density at radius 1 is 1.12 bits per heavy atom. The molecule has 0 unspecified atom stereocenters. The molecule has 0 atom stereocenters. The van der Waals surface area contributed by atoms with Crippen LogP contribution in [0.3, 0.4) is 0 Å². The fraction of sp³-hybridized carbons (Fsp3) is 0.350. The standard InChI is InChI=1S/C20H22ClN3OS/c1-25-18-14(5-4-6-15(18)21)13-22-19-20(9-11-26-12-10-20)24-17-8-3-2-7-16(17)23-19/h2-8,24H,9-13H2,1H3,(H,22,23). The zero-order valence-corrected chi connectivity index (χ0v) is 16.3. The van der Waals surface area contributed by atoms with Gasteiger partial charge in [0.2, 0.25) is 0 Å². The normalized spacial score (nSPS) is 19.5. The molecular formula is C20H22ClN3OS. The minimum Gasteiger partial charge on any atom is -0.495 e. The van der Waals surface area contributed by atoms with Crippen molar-refractivity contribution in [2.75, 3.05) is 29.2 Å². The van der Waals surface area contributed by atoms with Crippen molar-refractivity contribution in [3.8, 4) is 5.75 Å². The number of benzene rings is 2. The Hall–Kier alpha value is -1.85. The van der Waals surface area contributed by atoms with Gasteiger partial charge in [-0.2, -0.15) is 11.8 Å². The Balaban J connectivity index is 1.69. The van der Waals surface area contributed by atoms with Crippen LogP contribution in [0, 0.1) is 0 Å². The molecule has 0 bridgehead atoms. The van der Waals surface area contributed by atoms with Crippen molar-refractivity contribution < 1.29 is 4.74 Å². The number of aliphatic imine (C=N–C) groups is 1. The van der Waals surface area contributed by atoms with Crippen molar-refractivity contribution in [2.45, 2.75) is 24.9 Å². The number of amidine groups is 1. The first-order valence-corrected chi connectivity index (χ1v) is 10.3. The third kappa shape index (κ3) is 3.26. The van der Waals surface area contributed by atoms with Gasteiger partial charge < -0.3 is 15.4 Å². The molecule has 0 amide bonds. The number of halogens is 1. The zero-order chi connectivity index (χ0) is 18.0. The quantitative estimate of drug-likeness (QED) is 0.773. The van der Waals surface area contributed by atoms with Crippen LogP contribution in [0.15, 0.2) is 47.5 Å². The third-order valence-corrected chi connectivity index (χ3v) is 6.30. The second-order valence-electron chi connectivity index (χ2n) is 6.59. The summed E-state index contributed by atoms with van der Waals surface area (Å²) in [6, 6.07) is 14.1. The van der Waals surface area contributed by atoms with E-state index >= 15 is 0 Å². The fourth-order valence-corrected chi connectivity index (χ4v) is 5.07. The van der Waals surface area contributed by atoms with E-state index in [1.165, 1.54) is 0 Å². The van der Waals surface area contributed by atoms with E-state index in [0.717, 1.165) is 47.1 Å². The molecule has 0 saturated carbocycles. The van der Waals surface area contributed by atoms with E-state index in [2.05, 4.69) is 28.8 Å². The second kappa shape index (κ2) is 7.41. The van der Waals surface area contributed by atoms with E-state index in [0.29, 0.717) is 17.3 Å². The van der Waals surface area contributed by atoms with E-state index < -0.39 is 0 Å². The van der Waals surface area contributed by atoms with Crippen LogP contribution in [0.25, 0.3) is 0 Å². The van der Waals surface area contributed by atoms with Gasteiger partial charge in [-0.15, -0.1) is 0 Å². The van der Waals surface area contributed by atoms with E-state index in [-0.39, 0.29) is 5.54 Å². The molecule has 0 aliphatic carbocycles. The van der Waals surface area contributed by atoms with Crippen LogP contribution in [-0.2, 0) is 6.54 Å². The van der Waals surface area contributed by atoms with Crippen molar-refractivity contribution in [2.24, 2.45) is 4.99 Å². The molecule has 1 saturated heterocycles. The molecule has 0 aromatic heterocycles. The molecule has 4 rings (SSSR count). The van der Waals surface area contributed by atoms with Gasteiger partial charge in [-0.05, 0) is 42.5 Å². The van der Waals surface area contributed by atoms with Crippen LogP contribution in [0.4, 0.5) is 11.4 Å². The smallest absolute Gasteiger partial charge is 0.142 e. The van der Waals surface area contributed by atoms with Crippen molar-refractivity contribution in [3.05, 3.63) is 53.1 Å². The minimum absolute atomic E-state index is 0.120. The number of para-hydroxylation sites is 3. The first-order valence-electron chi connectivity index (χ1n) is 8.80. The number of thioether (sulfide) groups is 1. The van der Waals surface area contributed by atoms with E-state index in [1.807, 2.05) is 36.0 Å². The number of rotatable bonds is 3. The van der Waals surface area contributed by atoms with Crippen molar-refractivity contribution >= 4 is 40.6 Å². The number of hydrogen-bond donors (Lipinski definition) is 2. The maximum atomic E-state index is 6.26. The lowest BCUT2D eigenvalue weighted by Crippen LogP contribution is -2.54. The summed E-state index contributed by atoms with van der Waals surface area (Å²) >= 11 is 8.26. The lowest BCUT2D eigenvalue weighted by Gasteiger charge is -2.43. The molecule has 2 aliphatic rings. The largest absolute Gasteiger partial charge is 0.495 e. The molecule has 6 heteroatoms. The maximum absolute atomic E-state index is 6.26. The van der Waals surface area contributed by atoms with Crippen LogP contribution in [-0.4, -0.2) is 30.0 Å².